The van der Waals surface area contributed by atoms with Crippen LogP contribution in [0, 0.1) is 0 Å². The van der Waals surface area contributed by atoms with Crippen LogP contribution in [0.5, 0.6) is 0 Å². The average molecular weight is 396 g/mol. The van der Waals surface area contributed by atoms with Gasteiger partial charge >= 0.3 is 0 Å². The van der Waals surface area contributed by atoms with Gasteiger partial charge < -0.3 is 5.32 Å². The SMILES string of the molecule is O=c1[nH]c(NCc2ccc3ccccc3c2)nc2c1CN(Cc1ccccc1)CC2. The minimum Gasteiger partial charge on any atom is -0.352 e. The first kappa shape index (κ1) is 18.6. The molecule has 5 nitrogen and oxygen atoms in total. The van der Waals surface area contributed by atoms with Crippen molar-refractivity contribution < 1.29 is 0 Å². The van der Waals surface area contributed by atoms with Gasteiger partial charge in [0, 0.05) is 32.6 Å². The molecular weight excluding hydrogens is 372 g/mol. The molecule has 3 aromatic carbocycles. The summed E-state index contributed by atoms with van der Waals surface area (Å²) >= 11 is 0. The number of H-pyrrole nitrogens is 1. The molecular formula is C25H24N4O. The first-order valence-corrected chi connectivity index (χ1v) is 10.3. The maximum atomic E-state index is 12.7. The zero-order valence-electron chi connectivity index (χ0n) is 16.8. The predicted molar refractivity (Wildman–Crippen MR) is 120 cm³/mol. The van der Waals surface area contributed by atoms with Crippen molar-refractivity contribution in [2.75, 3.05) is 11.9 Å². The topological polar surface area (TPSA) is 61.0 Å². The highest BCUT2D eigenvalue weighted by atomic mass is 16.1. The Bertz CT molecular complexity index is 1230. The molecule has 0 saturated heterocycles. The van der Waals surface area contributed by atoms with Gasteiger partial charge in [-0.2, -0.15) is 0 Å². The number of rotatable bonds is 5. The molecule has 1 aliphatic heterocycles. The lowest BCUT2D eigenvalue weighted by molar-refractivity contribution is 0.242. The molecule has 0 spiro atoms. The van der Waals surface area contributed by atoms with Crippen LogP contribution in [0.3, 0.4) is 0 Å². The Kier molecular flexibility index (Phi) is 5.03. The van der Waals surface area contributed by atoms with Gasteiger partial charge in [-0.05, 0) is 28.0 Å². The molecule has 0 saturated carbocycles. The van der Waals surface area contributed by atoms with Gasteiger partial charge in [0.25, 0.3) is 5.56 Å². The zero-order chi connectivity index (χ0) is 20.3. The van der Waals surface area contributed by atoms with Crippen molar-refractivity contribution in [3.8, 4) is 0 Å². The molecule has 1 aromatic heterocycles. The van der Waals surface area contributed by atoms with Crippen molar-refractivity contribution in [1.29, 1.82) is 0 Å². The minimum atomic E-state index is -0.0428. The van der Waals surface area contributed by atoms with Crippen LogP contribution in [0.25, 0.3) is 10.8 Å². The molecule has 150 valence electrons. The average Bonchev–Trinajstić information content (AvgIpc) is 2.79. The Morgan fingerprint density at radius 3 is 2.60 bits per heavy atom. The van der Waals surface area contributed by atoms with E-state index in [2.05, 4.69) is 69.8 Å². The second-order valence-electron chi connectivity index (χ2n) is 7.82. The molecule has 0 atom stereocenters. The maximum Gasteiger partial charge on any atom is 0.257 e. The highest BCUT2D eigenvalue weighted by Crippen LogP contribution is 2.19. The Morgan fingerprint density at radius 2 is 1.73 bits per heavy atom. The molecule has 0 fully saturated rings. The number of hydrogen-bond donors (Lipinski definition) is 2. The summed E-state index contributed by atoms with van der Waals surface area (Å²) in [5.74, 6) is 0.545. The molecule has 5 rings (SSSR count). The van der Waals surface area contributed by atoms with E-state index in [9.17, 15) is 4.79 Å². The monoisotopic (exact) mass is 396 g/mol. The van der Waals surface area contributed by atoms with Crippen LogP contribution < -0.4 is 10.9 Å². The number of aromatic amines is 1. The van der Waals surface area contributed by atoms with E-state index in [-0.39, 0.29) is 5.56 Å². The molecule has 1 aliphatic rings. The van der Waals surface area contributed by atoms with Crippen LogP contribution in [-0.2, 0) is 26.1 Å². The van der Waals surface area contributed by atoms with E-state index in [0.29, 0.717) is 19.0 Å². The molecule has 2 N–H and O–H groups in total. The van der Waals surface area contributed by atoms with E-state index in [1.54, 1.807) is 0 Å². The lowest BCUT2D eigenvalue weighted by atomic mass is 10.1. The Balaban J connectivity index is 1.29. The second-order valence-corrected chi connectivity index (χ2v) is 7.82. The van der Waals surface area contributed by atoms with Crippen LogP contribution in [0.15, 0.2) is 77.6 Å². The highest BCUT2D eigenvalue weighted by Gasteiger charge is 2.21. The summed E-state index contributed by atoms with van der Waals surface area (Å²) in [7, 11) is 0. The van der Waals surface area contributed by atoms with Crippen molar-refractivity contribution in [3.05, 3.63) is 106 Å². The van der Waals surface area contributed by atoms with Gasteiger partial charge in [0.2, 0.25) is 5.95 Å². The van der Waals surface area contributed by atoms with Gasteiger partial charge in [0.05, 0.1) is 11.3 Å². The fraction of sp³-hybridized carbons (Fsp3) is 0.200. The molecule has 30 heavy (non-hydrogen) atoms. The number of aromatic nitrogens is 2. The van der Waals surface area contributed by atoms with E-state index >= 15 is 0 Å². The van der Waals surface area contributed by atoms with Gasteiger partial charge in [-0.3, -0.25) is 14.7 Å². The Morgan fingerprint density at radius 1 is 0.933 bits per heavy atom. The first-order chi connectivity index (χ1) is 14.7. The van der Waals surface area contributed by atoms with Gasteiger partial charge in [-0.15, -0.1) is 0 Å². The van der Waals surface area contributed by atoms with E-state index in [4.69, 9.17) is 4.98 Å². The smallest absolute Gasteiger partial charge is 0.257 e. The summed E-state index contributed by atoms with van der Waals surface area (Å²) in [4.78, 5) is 22.6. The van der Waals surface area contributed by atoms with E-state index in [1.165, 1.54) is 16.3 Å². The Labute approximate surface area is 175 Å². The third kappa shape index (κ3) is 3.98. The van der Waals surface area contributed by atoms with E-state index < -0.39 is 0 Å². The Hall–Kier alpha value is -3.44. The molecule has 0 amide bonds. The lowest BCUT2D eigenvalue weighted by Crippen LogP contribution is -2.35. The van der Waals surface area contributed by atoms with Crippen molar-refractivity contribution >= 4 is 16.7 Å². The largest absolute Gasteiger partial charge is 0.352 e. The van der Waals surface area contributed by atoms with Gasteiger partial charge in [-0.1, -0.05) is 66.7 Å². The zero-order valence-corrected chi connectivity index (χ0v) is 16.8. The molecule has 0 bridgehead atoms. The summed E-state index contributed by atoms with van der Waals surface area (Å²) in [5.41, 5.74) is 4.07. The molecule has 2 heterocycles. The minimum absolute atomic E-state index is 0.0428. The number of hydrogen-bond acceptors (Lipinski definition) is 4. The third-order valence-electron chi connectivity index (χ3n) is 5.67. The molecule has 0 aliphatic carbocycles. The van der Waals surface area contributed by atoms with Crippen LogP contribution in [0.2, 0.25) is 0 Å². The van der Waals surface area contributed by atoms with Crippen molar-refractivity contribution in [2.24, 2.45) is 0 Å². The number of fused-ring (bicyclic) bond motifs is 2. The summed E-state index contributed by atoms with van der Waals surface area (Å²) in [6, 6.07) is 25.1. The number of nitrogens with zero attached hydrogens (tertiary/aromatic N) is 2. The van der Waals surface area contributed by atoms with Crippen molar-refractivity contribution in [2.45, 2.75) is 26.1 Å². The predicted octanol–water partition coefficient (Wildman–Crippen LogP) is 4.09. The van der Waals surface area contributed by atoms with Crippen LogP contribution in [0.1, 0.15) is 22.4 Å². The highest BCUT2D eigenvalue weighted by molar-refractivity contribution is 5.83. The molecule has 0 radical (unpaired) electrons. The van der Waals surface area contributed by atoms with Gasteiger partial charge in [0.15, 0.2) is 0 Å². The maximum absolute atomic E-state index is 12.7. The number of benzene rings is 3. The quantitative estimate of drug-likeness (QED) is 0.533. The normalized spacial score (nSPS) is 13.9. The van der Waals surface area contributed by atoms with Gasteiger partial charge in [0.1, 0.15) is 0 Å². The fourth-order valence-corrected chi connectivity index (χ4v) is 4.08. The summed E-state index contributed by atoms with van der Waals surface area (Å²) < 4.78 is 0. The standard InChI is InChI=1S/C25H24N4O/c30-24-22-17-29(16-18-6-2-1-3-7-18)13-12-23(22)27-25(28-24)26-15-19-10-11-20-8-4-5-9-21(20)14-19/h1-11,14H,12-13,15-17H2,(H2,26,27,28,30). The number of nitrogens with one attached hydrogen (secondary N) is 2. The molecule has 4 aromatic rings. The first-order valence-electron chi connectivity index (χ1n) is 10.3. The van der Waals surface area contributed by atoms with Crippen LogP contribution in [0.4, 0.5) is 5.95 Å². The lowest BCUT2D eigenvalue weighted by Gasteiger charge is -2.27. The molecule has 5 heteroatoms. The van der Waals surface area contributed by atoms with Gasteiger partial charge in [-0.25, -0.2) is 4.98 Å². The van der Waals surface area contributed by atoms with Crippen LogP contribution >= 0.6 is 0 Å². The molecule has 0 unspecified atom stereocenters. The second kappa shape index (κ2) is 8.13. The fourth-order valence-electron chi connectivity index (χ4n) is 4.08. The summed E-state index contributed by atoms with van der Waals surface area (Å²) in [6.45, 7) is 3.01. The summed E-state index contributed by atoms with van der Waals surface area (Å²) in [5, 5.41) is 5.72. The third-order valence-corrected chi connectivity index (χ3v) is 5.67. The van der Waals surface area contributed by atoms with Crippen molar-refractivity contribution in [3.63, 3.8) is 0 Å². The van der Waals surface area contributed by atoms with E-state index in [1.807, 2.05) is 18.2 Å². The number of anilines is 1. The van der Waals surface area contributed by atoms with Crippen molar-refractivity contribution in [1.82, 2.24) is 14.9 Å². The van der Waals surface area contributed by atoms with Crippen LogP contribution in [-0.4, -0.2) is 21.4 Å². The summed E-state index contributed by atoms with van der Waals surface area (Å²) in [6.07, 6.45) is 0.788. The van der Waals surface area contributed by atoms with E-state index in [0.717, 1.165) is 36.3 Å².